The van der Waals surface area contributed by atoms with Crippen LogP contribution in [0.25, 0.3) is 0 Å². The van der Waals surface area contributed by atoms with Crippen molar-refractivity contribution in [1.29, 1.82) is 0 Å². The molecule has 2 unspecified atom stereocenters. The van der Waals surface area contributed by atoms with Crippen molar-refractivity contribution in [2.24, 2.45) is 5.73 Å². The van der Waals surface area contributed by atoms with Gasteiger partial charge in [0.1, 0.15) is 29.8 Å². The molecule has 2 aliphatic heterocycles. The average molecular weight is 420 g/mol. The van der Waals surface area contributed by atoms with E-state index in [1.807, 2.05) is 0 Å². The first-order valence-electron chi connectivity index (χ1n) is 8.70. The zero-order valence-electron chi connectivity index (χ0n) is 15.5. The summed E-state index contributed by atoms with van der Waals surface area (Å²) in [4.78, 5) is 49.1. The Morgan fingerprint density at radius 3 is 2.66 bits per heavy atom. The van der Waals surface area contributed by atoms with E-state index in [2.05, 4.69) is 10.6 Å². The highest BCUT2D eigenvalue weighted by Gasteiger charge is 2.54. The second-order valence-corrected chi connectivity index (χ2v) is 7.47. The number of β-lactam (4-membered cyclic amide) rings is 1. The number of ether oxygens (including phenoxy) is 1. The number of carbonyl (C=O) groups is 4. The normalized spacial score (nSPS) is 21.6. The van der Waals surface area contributed by atoms with Crippen LogP contribution in [-0.4, -0.2) is 64.7 Å². The Morgan fingerprint density at radius 1 is 1.34 bits per heavy atom. The van der Waals surface area contributed by atoms with Gasteiger partial charge < -0.3 is 26.2 Å². The van der Waals surface area contributed by atoms with Crippen molar-refractivity contribution in [2.75, 3.05) is 19.4 Å². The highest BCUT2D eigenvalue weighted by atomic mass is 32.2. The first-order valence-corrected chi connectivity index (χ1v) is 9.75. The van der Waals surface area contributed by atoms with E-state index in [0.29, 0.717) is 11.1 Å². The van der Waals surface area contributed by atoms with Gasteiger partial charge in [-0.3, -0.25) is 14.5 Å². The second-order valence-electron chi connectivity index (χ2n) is 6.37. The highest BCUT2D eigenvalue weighted by Crippen LogP contribution is 2.40. The Bertz CT molecular complexity index is 874. The van der Waals surface area contributed by atoms with Crippen LogP contribution in [0.2, 0.25) is 0 Å². The average Bonchev–Trinajstić information content (AvgIpc) is 2.74. The van der Waals surface area contributed by atoms with Crippen LogP contribution in [0.15, 0.2) is 41.6 Å². The summed E-state index contributed by atoms with van der Waals surface area (Å²) in [6.07, 6.45) is -0.704. The third-order valence-corrected chi connectivity index (χ3v) is 5.91. The number of alkyl carbamates (subject to hydrolysis) is 1. The molecule has 1 aromatic rings. The molecule has 11 heteroatoms. The quantitative estimate of drug-likeness (QED) is 0.461. The topological polar surface area (TPSA) is 151 Å². The van der Waals surface area contributed by atoms with Crippen LogP contribution in [0, 0.1) is 0 Å². The van der Waals surface area contributed by atoms with E-state index in [-0.39, 0.29) is 18.1 Å². The SMILES string of the molecule is CNC(=O)OCC1=C(C(=O)O)N2C(=O)C(NC(=O)C(N)c3ccccc3)[C@@H]2SC1. The Hall–Kier alpha value is -3.05. The first kappa shape index (κ1) is 20.7. The van der Waals surface area contributed by atoms with E-state index < -0.39 is 41.3 Å². The van der Waals surface area contributed by atoms with E-state index in [0.717, 1.165) is 4.90 Å². The summed E-state index contributed by atoms with van der Waals surface area (Å²) in [5.41, 5.74) is 6.64. The fourth-order valence-corrected chi connectivity index (χ4v) is 4.40. The van der Waals surface area contributed by atoms with Crippen molar-refractivity contribution in [2.45, 2.75) is 17.5 Å². The molecule has 0 radical (unpaired) electrons. The number of nitrogens with zero attached hydrogens (tertiary/aromatic N) is 1. The summed E-state index contributed by atoms with van der Waals surface area (Å²) in [5, 5.41) is 13.9. The molecule has 154 valence electrons. The van der Waals surface area contributed by atoms with E-state index in [1.54, 1.807) is 30.3 Å². The third kappa shape index (κ3) is 4.05. The number of nitrogens with one attached hydrogen (secondary N) is 2. The Balaban J connectivity index is 1.71. The number of nitrogens with two attached hydrogens (primary N) is 1. The Kier molecular flexibility index (Phi) is 6.09. The smallest absolute Gasteiger partial charge is 0.407 e. The molecule has 0 saturated carbocycles. The number of thioether (sulfide) groups is 1. The molecule has 3 amide bonds. The summed E-state index contributed by atoms with van der Waals surface area (Å²) in [6, 6.07) is 6.89. The van der Waals surface area contributed by atoms with Crippen LogP contribution in [-0.2, 0) is 19.1 Å². The van der Waals surface area contributed by atoms with E-state index in [1.165, 1.54) is 18.8 Å². The fraction of sp³-hybridized carbons (Fsp3) is 0.333. The minimum absolute atomic E-state index is 0.222. The molecule has 0 spiro atoms. The van der Waals surface area contributed by atoms with Crippen molar-refractivity contribution in [3.8, 4) is 0 Å². The van der Waals surface area contributed by atoms with Gasteiger partial charge in [-0.15, -0.1) is 11.8 Å². The van der Waals surface area contributed by atoms with Crippen LogP contribution < -0.4 is 16.4 Å². The molecular weight excluding hydrogens is 400 g/mol. The maximum absolute atomic E-state index is 12.6. The molecule has 2 heterocycles. The number of hydrogen-bond acceptors (Lipinski definition) is 7. The summed E-state index contributed by atoms with van der Waals surface area (Å²) in [5.74, 6) is -2.13. The van der Waals surface area contributed by atoms with Crippen LogP contribution in [0.3, 0.4) is 0 Å². The van der Waals surface area contributed by atoms with Crippen molar-refractivity contribution < 1.29 is 29.0 Å². The van der Waals surface area contributed by atoms with Crippen molar-refractivity contribution in [1.82, 2.24) is 15.5 Å². The lowest BCUT2D eigenvalue weighted by Crippen LogP contribution is -2.71. The van der Waals surface area contributed by atoms with Crippen LogP contribution in [0.4, 0.5) is 4.79 Å². The van der Waals surface area contributed by atoms with Gasteiger partial charge in [0.2, 0.25) is 5.91 Å². The molecule has 0 bridgehead atoms. The largest absolute Gasteiger partial charge is 0.477 e. The van der Waals surface area contributed by atoms with Gasteiger partial charge in [-0.1, -0.05) is 30.3 Å². The number of amides is 3. The van der Waals surface area contributed by atoms with Crippen LogP contribution in [0.5, 0.6) is 0 Å². The summed E-state index contributed by atoms with van der Waals surface area (Å²) in [7, 11) is 1.38. The van der Waals surface area contributed by atoms with Gasteiger partial charge in [0.15, 0.2) is 0 Å². The van der Waals surface area contributed by atoms with Crippen molar-refractivity contribution >= 4 is 35.6 Å². The van der Waals surface area contributed by atoms with E-state index in [9.17, 15) is 24.3 Å². The van der Waals surface area contributed by atoms with E-state index >= 15 is 0 Å². The molecule has 0 aliphatic carbocycles. The molecule has 0 aromatic heterocycles. The predicted molar refractivity (Wildman–Crippen MR) is 103 cm³/mol. The van der Waals surface area contributed by atoms with Gasteiger partial charge in [0.25, 0.3) is 5.91 Å². The predicted octanol–water partition coefficient (Wildman–Crippen LogP) is -0.219. The number of fused-ring (bicyclic) bond motifs is 1. The first-order chi connectivity index (χ1) is 13.8. The standard InChI is InChI=1S/C18H20N4O6S/c1-20-18(27)28-7-10-8-29-16-12(15(24)22(16)13(10)17(25)26)21-14(23)11(19)9-5-3-2-4-6-9/h2-6,11-12,16H,7-8,19H2,1H3,(H,20,27)(H,21,23)(H,25,26)/t11?,12?,16-/m0/s1. The second kappa shape index (κ2) is 8.53. The zero-order valence-corrected chi connectivity index (χ0v) is 16.3. The minimum Gasteiger partial charge on any atom is -0.477 e. The maximum Gasteiger partial charge on any atom is 0.407 e. The van der Waals surface area contributed by atoms with Crippen molar-refractivity contribution in [3.05, 3.63) is 47.2 Å². The molecule has 1 saturated heterocycles. The highest BCUT2D eigenvalue weighted by molar-refractivity contribution is 8.00. The zero-order chi connectivity index (χ0) is 21.1. The van der Waals surface area contributed by atoms with Gasteiger partial charge in [-0.05, 0) is 5.56 Å². The lowest BCUT2D eigenvalue weighted by Gasteiger charge is -2.49. The number of benzene rings is 1. The lowest BCUT2D eigenvalue weighted by molar-refractivity contribution is -0.151. The molecule has 3 rings (SSSR count). The molecular formula is C18H20N4O6S. The fourth-order valence-electron chi connectivity index (χ4n) is 3.07. The molecule has 1 aromatic carbocycles. The van der Waals surface area contributed by atoms with Crippen LogP contribution in [0.1, 0.15) is 11.6 Å². The van der Waals surface area contributed by atoms with Gasteiger partial charge in [-0.25, -0.2) is 9.59 Å². The minimum atomic E-state index is -1.30. The Morgan fingerprint density at radius 2 is 2.03 bits per heavy atom. The molecule has 3 atom stereocenters. The van der Waals surface area contributed by atoms with Crippen LogP contribution >= 0.6 is 11.8 Å². The number of hydrogen-bond donors (Lipinski definition) is 4. The summed E-state index contributed by atoms with van der Waals surface area (Å²) in [6.45, 7) is -0.249. The molecule has 1 fully saturated rings. The molecule has 10 nitrogen and oxygen atoms in total. The number of carbonyl (C=O) groups excluding carboxylic acids is 3. The van der Waals surface area contributed by atoms with Gasteiger partial charge in [0, 0.05) is 18.4 Å². The maximum atomic E-state index is 12.6. The van der Waals surface area contributed by atoms with E-state index in [4.69, 9.17) is 10.5 Å². The molecule has 2 aliphatic rings. The number of carboxylic acid groups (broad SMARTS) is 1. The van der Waals surface area contributed by atoms with Crippen molar-refractivity contribution in [3.63, 3.8) is 0 Å². The number of carboxylic acids is 1. The molecule has 29 heavy (non-hydrogen) atoms. The number of aliphatic carboxylic acids is 1. The monoisotopic (exact) mass is 420 g/mol. The van der Waals surface area contributed by atoms with Gasteiger partial charge in [-0.2, -0.15) is 0 Å². The summed E-state index contributed by atoms with van der Waals surface area (Å²) >= 11 is 1.28. The summed E-state index contributed by atoms with van der Waals surface area (Å²) < 4.78 is 4.92. The Labute approximate surface area is 170 Å². The lowest BCUT2D eigenvalue weighted by atomic mass is 10.0. The van der Waals surface area contributed by atoms with Gasteiger partial charge >= 0.3 is 12.1 Å². The number of rotatable bonds is 6. The molecule has 5 N–H and O–H groups in total. The van der Waals surface area contributed by atoms with Gasteiger partial charge in [0.05, 0.1) is 0 Å². The third-order valence-electron chi connectivity index (χ3n) is 4.57.